The molecule has 0 radical (unpaired) electrons. The second-order valence-corrected chi connectivity index (χ2v) is 9.50. The van der Waals surface area contributed by atoms with Crippen molar-refractivity contribution in [1.29, 1.82) is 0 Å². The van der Waals surface area contributed by atoms with E-state index in [1.54, 1.807) is 19.1 Å². The van der Waals surface area contributed by atoms with Crippen molar-refractivity contribution in [2.75, 3.05) is 20.8 Å². The number of fused-ring (bicyclic) bond motifs is 4. The number of carbonyl (C=O) groups is 2. The zero-order valence-electron chi connectivity index (χ0n) is 19.5. The molecule has 3 heterocycles. The lowest BCUT2D eigenvalue weighted by atomic mass is 9.85. The van der Waals surface area contributed by atoms with E-state index in [0.29, 0.717) is 17.9 Å². The number of nitrogens with zero attached hydrogens (tertiary/aromatic N) is 2. The summed E-state index contributed by atoms with van der Waals surface area (Å²) < 4.78 is 11.2. The van der Waals surface area contributed by atoms with E-state index in [2.05, 4.69) is 11.1 Å². The van der Waals surface area contributed by atoms with Crippen LogP contribution in [0.15, 0.2) is 42.5 Å². The van der Waals surface area contributed by atoms with Gasteiger partial charge in [0, 0.05) is 40.7 Å². The van der Waals surface area contributed by atoms with E-state index in [-0.39, 0.29) is 24.4 Å². The molecule has 0 spiro atoms. The number of hydrogen-bond donors (Lipinski definition) is 1. The van der Waals surface area contributed by atoms with Crippen molar-refractivity contribution in [2.45, 2.75) is 50.2 Å². The molecule has 1 aromatic heterocycles. The number of H-pyrrole nitrogens is 1. The Morgan fingerprint density at radius 2 is 1.79 bits per heavy atom. The van der Waals surface area contributed by atoms with Crippen molar-refractivity contribution in [1.82, 2.24) is 14.8 Å². The van der Waals surface area contributed by atoms with Crippen LogP contribution in [0, 0.1) is 0 Å². The number of piperazine rings is 1. The van der Waals surface area contributed by atoms with Crippen LogP contribution in [-0.2, 0) is 16.0 Å². The number of aromatic nitrogens is 1. The number of amides is 2. The van der Waals surface area contributed by atoms with E-state index in [4.69, 9.17) is 9.47 Å². The molecule has 2 aromatic carbocycles. The van der Waals surface area contributed by atoms with E-state index in [0.717, 1.165) is 53.4 Å². The number of ether oxygens (including phenoxy) is 2. The summed E-state index contributed by atoms with van der Waals surface area (Å²) in [5, 5.41) is 1.10. The summed E-state index contributed by atoms with van der Waals surface area (Å²) in [6.07, 6.45) is 4.73. The molecule has 2 fully saturated rings. The van der Waals surface area contributed by atoms with Crippen molar-refractivity contribution in [3.63, 3.8) is 0 Å². The minimum Gasteiger partial charge on any atom is -0.497 e. The second-order valence-electron chi connectivity index (χ2n) is 9.50. The van der Waals surface area contributed by atoms with Crippen LogP contribution in [-0.4, -0.2) is 59.4 Å². The van der Waals surface area contributed by atoms with Crippen LogP contribution in [0.3, 0.4) is 0 Å². The van der Waals surface area contributed by atoms with Crippen LogP contribution in [0.2, 0.25) is 0 Å². The number of rotatable bonds is 4. The molecule has 0 bridgehead atoms. The zero-order valence-corrected chi connectivity index (χ0v) is 19.5. The topological polar surface area (TPSA) is 74.9 Å². The van der Waals surface area contributed by atoms with Crippen molar-refractivity contribution >= 4 is 22.7 Å². The Balaban J connectivity index is 1.53. The van der Waals surface area contributed by atoms with Gasteiger partial charge in [-0.25, -0.2) is 0 Å². The van der Waals surface area contributed by atoms with Crippen molar-refractivity contribution in [3.8, 4) is 11.5 Å². The van der Waals surface area contributed by atoms with Gasteiger partial charge >= 0.3 is 0 Å². The van der Waals surface area contributed by atoms with Gasteiger partial charge < -0.3 is 24.3 Å². The molecule has 1 aliphatic carbocycles. The maximum absolute atomic E-state index is 13.9. The minimum absolute atomic E-state index is 0.0105. The molecule has 7 nitrogen and oxygen atoms in total. The number of nitrogens with one attached hydrogen (secondary N) is 1. The predicted octanol–water partition coefficient (Wildman–Crippen LogP) is 3.81. The largest absolute Gasteiger partial charge is 0.497 e. The Bertz CT molecular complexity index is 1280. The molecule has 176 valence electrons. The van der Waals surface area contributed by atoms with Crippen LogP contribution in [0.25, 0.3) is 10.9 Å². The van der Waals surface area contributed by atoms with E-state index in [1.807, 2.05) is 41.3 Å². The smallest absolute Gasteiger partial charge is 0.246 e. The third kappa shape index (κ3) is 3.10. The van der Waals surface area contributed by atoms with Crippen LogP contribution < -0.4 is 9.47 Å². The lowest BCUT2D eigenvalue weighted by molar-refractivity contribution is -0.160. The van der Waals surface area contributed by atoms with Gasteiger partial charge in [-0.15, -0.1) is 0 Å². The van der Waals surface area contributed by atoms with Gasteiger partial charge in [-0.05, 0) is 36.6 Å². The highest BCUT2D eigenvalue weighted by molar-refractivity contribution is 5.98. The maximum atomic E-state index is 13.9. The van der Waals surface area contributed by atoms with Crippen LogP contribution in [0.1, 0.15) is 48.5 Å². The number of para-hydroxylation sites is 1. The van der Waals surface area contributed by atoms with Gasteiger partial charge in [-0.3, -0.25) is 9.59 Å². The fourth-order valence-corrected chi connectivity index (χ4v) is 6.18. The summed E-state index contributed by atoms with van der Waals surface area (Å²) >= 11 is 0. The second kappa shape index (κ2) is 8.08. The minimum atomic E-state index is -0.523. The molecule has 0 unspecified atom stereocenters. The third-order valence-electron chi connectivity index (χ3n) is 7.79. The van der Waals surface area contributed by atoms with Gasteiger partial charge in [0.25, 0.3) is 0 Å². The van der Waals surface area contributed by atoms with E-state index in [1.165, 1.54) is 0 Å². The quantitative estimate of drug-likeness (QED) is 0.644. The van der Waals surface area contributed by atoms with Crippen molar-refractivity contribution < 1.29 is 19.1 Å². The summed E-state index contributed by atoms with van der Waals surface area (Å²) in [6, 6.07) is 13.0. The lowest BCUT2D eigenvalue weighted by Crippen LogP contribution is -2.64. The maximum Gasteiger partial charge on any atom is 0.246 e. The molecular formula is C27H29N3O4. The number of hydrogen-bond acceptors (Lipinski definition) is 4. The molecule has 1 saturated carbocycles. The van der Waals surface area contributed by atoms with Gasteiger partial charge in [0.1, 0.15) is 30.1 Å². The van der Waals surface area contributed by atoms with Gasteiger partial charge in [-0.1, -0.05) is 31.0 Å². The first-order valence-electron chi connectivity index (χ1n) is 12.0. The Labute approximate surface area is 198 Å². The first-order chi connectivity index (χ1) is 16.6. The number of methoxy groups -OCH3 is 2. The zero-order chi connectivity index (χ0) is 23.4. The highest BCUT2D eigenvalue weighted by atomic mass is 16.5. The average molecular weight is 460 g/mol. The molecule has 2 amide bonds. The van der Waals surface area contributed by atoms with Gasteiger partial charge in [0.2, 0.25) is 11.8 Å². The molecule has 1 N–H and O–H groups in total. The van der Waals surface area contributed by atoms with Crippen LogP contribution in [0.4, 0.5) is 0 Å². The van der Waals surface area contributed by atoms with Crippen molar-refractivity contribution in [2.24, 2.45) is 0 Å². The van der Waals surface area contributed by atoms with Crippen LogP contribution >= 0.6 is 0 Å². The summed E-state index contributed by atoms with van der Waals surface area (Å²) in [6.45, 7) is 0.143. The summed E-state index contributed by atoms with van der Waals surface area (Å²) in [4.78, 5) is 34.8. The summed E-state index contributed by atoms with van der Waals surface area (Å²) in [5.41, 5.74) is 3.92. The molecule has 7 heteroatoms. The highest BCUT2D eigenvalue weighted by Gasteiger charge is 2.50. The van der Waals surface area contributed by atoms with Gasteiger partial charge in [0.15, 0.2) is 0 Å². The average Bonchev–Trinajstić information content (AvgIpc) is 3.53. The molecule has 3 aromatic rings. The summed E-state index contributed by atoms with van der Waals surface area (Å²) in [5.74, 6) is 1.37. The van der Waals surface area contributed by atoms with E-state index >= 15 is 0 Å². The molecule has 3 aliphatic rings. The van der Waals surface area contributed by atoms with E-state index in [9.17, 15) is 9.59 Å². The predicted molar refractivity (Wildman–Crippen MR) is 128 cm³/mol. The lowest BCUT2D eigenvalue weighted by Gasteiger charge is -2.48. The number of carbonyl (C=O) groups excluding carboxylic acids is 2. The van der Waals surface area contributed by atoms with Crippen molar-refractivity contribution in [3.05, 3.63) is 59.3 Å². The normalized spacial score (nSPS) is 22.8. The van der Waals surface area contributed by atoms with E-state index < -0.39 is 12.1 Å². The number of benzene rings is 2. The first-order valence-corrected chi connectivity index (χ1v) is 12.0. The molecule has 2 aliphatic heterocycles. The Morgan fingerprint density at radius 3 is 2.56 bits per heavy atom. The highest BCUT2D eigenvalue weighted by Crippen LogP contribution is 2.46. The molecular weight excluding hydrogens is 430 g/mol. The van der Waals surface area contributed by atoms with Crippen LogP contribution in [0.5, 0.6) is 11.5 Å². The fraction of sp³-hybridized carbons (Fsp3) is 0.407. The molecule has 1 saturated heterocycles. The van der Waals surface area contributed by atoms with Gasteiger partial charge in [0.05, 0.1) is 14.2 Å². The molecule has 34 heavy (non-hydrogen) atoms. The standard InChI is InChI=1S/C27H29N3O4/c1-33-17-11-12-19(23(13-17)34-2)26-25-20(18-9-5-6-10-21(18)28-25)14-22-27(32)29(15-24(31)30(22)26)16-7-3-4-8-16/h5-6,9-13,16,22,26,28H,3-4,7-8,14-15H2,1-2H3/t22-,26-/m0/s1. The monoisotopic (exact) mass is 459 g/mol. The molecule has 6 rings (SSSR count). The third-order valence-corrected chi connectivity index (χ3v) is 7.79. The summed E-state index contributed by atoms with van der Waals surface area (Å²) in [7, 11) is 3.24. The molecule has 2 atom stereocenters. The Hall–Kier alpha value is -3.48. The first kappa shape index (κ1) is 21.1. The van der Waals surface area contributed by atoms with Gasteiger partial charge in [-0.2, -0.15) is 0 Å². The Kier molecular flexibility index (Phi) is 5.01. The fourth-order valence-electron chi connectivity index (χ4n) is 6.18. The SMILES string of the molecule is COc1ccc([C@H]2c3[nH]c4ccccc4c3C[C@H]3C(=O)N(C4CCCC4)CC(=O)N23)c(OC)c1. The number of aromatic amines is 1. The Morgan fingerprint density at radius 1 is 1.00 bits per heavy atom.